The van der Waals surface area contributed by atoms with Crippen molar-refractivity contribution in [3.63, 3.8) is 0 Å². The molecule has 0 aromatic heterocycles. The molecule has 4 atom stereocenters. The SMILES string of the molecule is C=C1CC[C@H]2[C@](C)(CCC[C@]2(C)C(=O)O)[C@H]1CC/C(C)=C\CO. The Kier molecular flexibility index (Phi) is 5.40. The van der Waals surface area contributed by atoms with E-state index in [1.807, 2.05) is 13.0 Å². The largest absolute Gasteiger partial charge is 0.481 e. The summed E-state index contributed by atoms with van der Waals surface area (Å²) in [5.74, 6) is -0.00260. The van der Waals surface area contributed by atoms with Crippen LogP contribution in [-0.2, 0) is 4.79 Å². The van der Waals surface area contributed by atoms with E-state index in [0.29, 0.717) is 5.92 Å². The van der Waals surface area contributed by atoms with Crippen molar-refractivity contribution >= 4 is 5.97 Å². The molecule has 3 nitrogen and oxygen atoms in total. The Morgan fingerprint density at radius 1 is 1.39 bits per heavy atom. The third-order valence-electron chi connectivity index (χ3n) is 6.78. The lowest BCUT2D eigenvalue weighted by Gasteiger charge is -2.57. The monoisotopic (exact) mass is 320 g/mol. The predicted molar refractivity (Wildman–Crippen MR) is 93.1 cm³/mol. The fraction of sp³-hybridized carbons (Fsp3) is 0.750. The number of fused-ring (bicyclic) bond motifs is 1. The molecule has 0 radical (unpaired) electrons. The molecule has 2 rings (SSSR count). The van der Waals surface area contributed by atoms with Crippen molar-refractivity contribution in [3.8, 4) is 0 Å². The predicted octanol–water partition coefficient (Wildman–Crippen LogP) is 4.57. The number of hydrogen-bond acceptors (Lipinski definition) is 2. The second kappa shape index (κ2) is 6.80. The topological polar surface area (TPSA) is 57.5 Å². The van der Waals surface area contributed by atoms with Crippen LogP contribution in [0, 0.1) is 22.7 Å². The van der Waals surface area contributed by atoms with Gasteiger partial charge in [-0.3, -0.25) is 4.79 Å². The molecule has 0 spiro atoms. The zero-order valence-electron chi connectivity index (χ0n) is 14.9. The number of aliphatic hydroxyl groups is 1. The summed E-state index contributed by atoms with van der Waals surface area (Å²) >= 11 is 0. The Labute approximate surface area is 140 Å². The standard InChI is InChI=1S/C20H32O3/c1-14(10-13-21)6-8-16-15(2)7-9-17-19(16,3)11-5-12-20(17,4)18(22)23/h10,16-17,21H,2,5-9,11-13H2,1,3-4H3,(H,22,23)/b14-10-/t16-,17-,19+,20-/m0/s1. The van der Waals surface area contributed by atoms with E-state index in [4.69, 9.17) is 5.11 Å². The summed E-state index contributed by atoms with van der Waals surface area (Å²) in [5, 5.41) is 18.9. The molecule has 0 aliphatic heterocycles. The highest BCUT2D eigenvalue weighted by molar-refractivity contribution is 5.75. The number of allylic oxidation sites excluding steroid dienone is 2. The molecule has 0 amide bonds. The van der Waals surface area contributed by atoms with Gasteiger partial charge in [-0.1, -0.05) is 37.1 Å². The third-order valence-corrected chi connectivity index (χ3v) is 6.78. The van der Waals surface area contributed by atoms with Gasteiger partial charge in [0.2, 0.25) is 0 Å². The van der Waals surface area contributed by atoms with Crippen molar-refractivity contribution in [1.29, 1.82) is 0 Å². The van der Waals surface area contributed by atoms with Crippen molar-refractivity contribution in [2.75, 3.05) is 6.61 Å². The first-order valence-corrected chi connectivity index (χ1v) is 8.93. The second-order valence-corrected chi connectivity index (χ2v) is 8.16. The molecule has 0 aromatic rings. The number of aliphatic carboxylic acids is 1. The van der Waals surface area contributed by atoms with Gasteiger partial charge in [-0.15, -0.1) is 0 Å². The Balaban J connectivity index is 2.26. The zero-order valence-corrected chi connectivity index (χ0v) is 14.9. The summed E-state index contributed by atoms with van der Waals surface area (Å²) in [4.78, 5) is 12.0. The van der Waals surface area contributed by atoms with E-state index < -0.39 is 11.4 Å². The smallest absolute Gasteiger partial charge is 0.309 e. The fourth-order valence-corrected chi connectivity index (χ4v) is 5.37. The van der Waals surface area contributed by atoms with Gasteiger partial charge in [0.25, 0.3) is 0 Å². The maximum absolute atomic E-state index is 12.0. The molecule has 0 bridgehead atoms. The third kappa shape index (κ3) is 3.26. The Morgan fingerprint density at radius 3 is 2.70 bits per heavy atom. The Morgan fingerprint density at radius 2 is 2.09 bits per heavy atom. The van der Waals surface area contributed by atoms with Crippen molar-refractivity contribution in [1.82, 2.24) is 0 Å². The van der Waals surface area contributed by atoms with Gasteiger partial charge < -0.3 is 10.2 Å². The highest BCUT2D eigenvalue weighted by Crippen LogP contribution is 2.62. The number of rotatable bonds is 5. The van der Waals surface area contributed by atoms with Crippen LogP contribution < -0.4 is 0 Å². The van der Waals surface area contributed by atoms with Crippen LogP contribution in [-0.4, -0.2) is 22.8 Å². The number of hydrogen-bond donors (Lipinski definition) is 2. The van der Waals surface area contributed by atoms with E-state index in [2.05, 4.69) is 20.4 Å². The lowest BCUT2D eigenvalue weighted by Crippen LogP contribution is -2.53. The lowest BCUT2D eigenvalue weighted by molar-refractivity contribution is -0.164. The van der Waals surface area contributed by atoms with Crippen LogP contribution >= 0.6 is 0 Å². The Bertz CT molecular complexity index is 507. The summed E-state index contributed by atoms with van der Waals surface area (Å²) in [6.45, 7) is 10.7. The quantitative estimate of drug-likeness (QED) is 0.730. The molecule has 0 saturated heterocycles. The summed E-state index contributed by atoms with van der Waals surface area (Å²) in [6, 6.07) is 0. The van der Waals surface area contributed by atoms with Crippen molar-refractivity contribution in [2.24, 2.45) is 22.7 Å². The maximum atomic E-state index is 12.0. The molecule has 130 valence electrons. The minimum absolute atomic E-state index is 0.0419. The van der Waals surface area contributed by atoms with E-state index in [1.165, 1.54) is 11.1 Å². The summed E-state index contributed by atoms with van der Waals surface area (Å²) in [7, 11) is 0. The van der Waals surface area contributed by atoms with Crippen LogP contribution in [0.2, 0.25) is 0 Å². The minimum atomic E-state index is -0.629. The lowest BCUT2D eigenvalue weighted by atomic mass is 9.46. The normalized spacial score (nSPS) is 38.3. The van der Waals surface area contributed by atoms with Gasteiger partial charge in [0.05, 0.1) is 12.0 Å². The van der Waals surface area contributed by atoms with Gasteiger partial charge in [0, 0.05) is 0 Å². The molecule has 2 N–H and O–H groups in total. The fourth-order valence-electron chi connectivity index (χ4n) is 5.37. The first kappa shape index (κ1) is 18.3. The molecule has 3 heteroatoms. The van der Waals surface area contributed by atoms with Crippen LogP contribution in [0.1, 0.15) is 65.7 Å². The molecule has 0 heterocycles. The van der Waals surface area contributed by atoms with Crippen LogP contribution in [0.15, 0.2) is 23.8 Å². The van der Waals surface area contributed by atoms with Crippen LogP contribution in [0.3, 0.4) is 0 Å². The van der Waals surface area contributed by atoms with Crippen LogP contribution in [0.25, 0.3) is 0 Å². The Hall–Kier alpha value is -1.09. The first-order chi connectivity index (χ1) is 10.8. The molecule has 2 fully saturated rings. The van der Waals surface area contributed by atoms with E-state index >= 15 is 0 Å². The van der Waals surface area contributed by atoms with Gasteiger partial charge in [-0.25, -0.2) is 0 Å². The van der Waals surface area contributed by atoms with Gasteiger partial charge in [-0.05, 0) is 69.6 Å². The molecular weight excluding hydrogens is 288 g/mol. The van der Waals surface area contributed by atoms with Crippen molar-refractivity contribution < 1.29 is 15.0 Å². The van der Waals surface area contributed by atoms with E-state index in [0.717, 1.165) is 44.9 Å². The summed E-state index contributed by atoms with van der Waals surface area (Å²) in [6.07, 6.45) is 8.65. The second-order valence-electron chi connectivity index (χ2n) is 8.16. The van der Waals surface area contributed by atoms with E-state index in [9.17, 15) is 9.90 Å². The van der Waals surface area contributed by atoms with Gasteiger partial charge in [0.15, 0.2) is 0 Å². The van der Waals surface area contributed by atoms with Gasteiger partial charge in [0.1, 0.15) is 0 Å². The molecule has 2 aliphatic rings. The number of aliphatic hydroxyl groups excluding tert-OH is 1. The zero-order chi connectivity index (χ0) is 17.3. The number of carboxylic acids is 1. The van der Waals surface area contributed by atoms with Crippen molar-refractivity contribution in [3.05, 3.63) is 23.8 Å². The van der Waals surface area contributed by atoms with Crippen molar-refractivity contribution in [2.45, 2.75) is 65.7 Å². The summed E-state index contributed by atoms with van der Waals surface area (Å²) in [5.41, 5.74) is 1.96. The average molecular weight is 320 g/mol. The van der Waals surface area contributed by atoms with E-state index in [-0.39, 0.29) is 17.9 Å². The molecule has 0 aromatic carbocycles. The average Bonchev–Trinajstić information content (AvgIpc) is 2.46. The minimum Gasteiger partial charge on any atom is -0.481 e. The first-order valence-electron chi connectivity index (χ1n) is 8.93. The van der Waals surface area contributed by atoms with E-state index in [1.54, 1.807) is 0 Å². The molecule has 23 heavy (non-hydrogen) atoms. The maximum Gasteiger partial charge on any atom is 0.309 e. The van der Waals surface area contributed by atoms with Crippen LogP contribution in [0.5, 0.6) is 0 Å². The summed E-state index contributed by atoms with van der Waals surface area (Å²) < 4.78 is 0. The molecule has 0 unspecified atom stereocenters. The van der Waals surface area contributed by atoms with Crippen LogP contribution in [0.4, 0.5) is 0 Å². The molecular formula is C20H32O3. The molecule has 2 aliphatic carbocycles. The highest BCUT2D eigenvalue weighted by atomic mass is 16.4. The molecule has 2 saturated carbocycles. The number of carboxylic acid groups (broad SMARTS) is 1. The van der Waals surface area contributed by atoms with Gasteiger partial charge >= 0.3 is 5.97 Å². The highest BCUT2D eigenvalue weighted by Gasteiger charge is 2.57. The van der Waals surface area contributed by atoms with Gasteiger partial charge in [-0.2, -0.15) is 0 Å². The number of carbonyl (C=O) groups is 1.